The lowest BCUT2D eigenvalue weighted by atomic mass is 10.1. The van der Waals surface area contributed by atoms with E-state index < -0.39 is 0 Å². The van der Waals surface area contributed by atoms with Crippen LogP contribution in [0.4, 0.5) is 0 Å². The molecule has 0 spiro atoms. The third-order valence-corrected chi connectivity index (χ3v) is 3.23. The van der Waals surface area contributed by atoms with Crippen molar-refractivity contribution in [1.82, 2.24) is 5.32 Å². The van der Waals surface area contributed by atoms with Crippen molar-refractivity contribution in [1.29, 1.82) is 0 Å². The first-order valence-corrected chi connectivity index (χ1v) is 7.21. The Morgan fingerprint density at radius 1 is 1.20 bits per heavy atom. The van der Waals surface area contributed by atoms with Gasteiger partial charge in [0, 0.05) is 13.2 Å². The summed E-state index contributed by atoms with van der Waals surface area (Å²) in [6.07, 6.45) is 3.01. The molecule has 0 saturated heterocycles. The molecule has 0 bridgehead atoms. The van der Waals surface area contributed by atoms with Gasteiger partial charge in [-0.15, -0.1) is 0 Å². The lowest BCUT2D eigenvalue weighted by molar-refractivity contribution is -0.121. The smallest absolute Gasteiger partial charge is 0.223 e. The van der Waals surface area contributed by atoms with Gasteiger partial charge in [0.05, 0.1) is 13.0 Å². The number of hydrogen-bond acceptors (Lipinski definition) is 3. The Balaban J connectivity index is 2.13. The number of amides is 1. The number of nitrogens with one attached hydrogen (secondary N) is 1. The number of carbonyl (C=O) groups excluding carboxylic acids is 1. The van der Waals surface area contributed by atoms with E-state index in [-0.39, 0.29) is 12.5 Å². The second-order valence-electron chi connectivity index (χ2n) is 4.98. The van der Waals surface area contributed by atoms with Gasteiger partial charge >= 0.3 is 0 Å². The predicted molar refractivity (Wildman–Crippen MR) is 80.0 cm³/mol. The van der Waals surface area contributed by atoms with Crippen LogP contribution < -0.4 is 10.1 Å². The average Bonchev–Trinajstić information content (AvgIpc) is 2.42. The molecule has 0 fully saturated rings. The fourth-order valence-electron chi connectivity index (χ4n) is 1.80. The van der Waals surface area contributed by atoms with Crippen LogP contribution in [0.3, 0.4) is 0 Å². The quantitative estimate of drug-likeness (QED) is 0.682. The van der Waals surface area contributed by atoms with Gasteiger partial charge in [0.1, 0.15) is 5.75 Å². The van der Waals surface area contributed by atoms with Gasteiger partial charge in [-0.05, 0) is 56.4 Å². The molecule has 0 saturated carbocycles. The van der Waals surface area contributed by atoms with Crippen LogP contribution in [0.1, 0.15) is 36.8 Å². The molecular weight excluding hydrogens is 254 g/mol. The molecule has 0 aliphatic carbocycles. The summed E-state index contributed by atoms with van der Waals surface area (Å²) in [4.78, 5) is 11.5. The van der Waals surface area contributed by atoms with Gasteiger partial charge in [0.15, 0.2) is 0 Å². The van der Waals surface area contributed by atoms with Crippen LogP contribution in [0.25, 0.3) is 0 Å². The number of rotatable bonds is 9. The second kappa shape index (κ2) is 9.37. The maximum atomic E-state index is 11.5. The molecule has 1 amide bonds. The SMILES string of the molecule is Cc1ccc(OCCC(=O)NCCCCCO)cc1C. The van der Waals surface area contributed by atoms with E-state index in [2.05, 4.69) is 12.2 Å². The number of benzene rings is 1. The first kappa shape index (κ1) is 16.5. The lowest BCUT2D eigenvalue weighted by Crippen LogP contribution is -2.25. The standard InChI is InChI=1S/C16H25NO3/c1-13-6-7-15(12-14(13)2)20-11-8-16(19)17-9-4-3-5-10-18/h6-7,12,18H,3-5,8-11H2,1-2H3,(H,17,19). The van der Waals surface area contributed by atoms with Crippen molar-refractivity contribution in [3.8, 4) is 5.75 Å². The van der Waals surface area contributed by atoms with Crippen molar-refractivity contribution in [2.24, 2.45) is 0 Å². The van der Waals surface area contributed by atoms with Crippen molar-refractivity contribution < 1.29 is 14.6 Å². The Bertz CT molecular complexity index is 418. The molecular formula is C16H25NO3. The van der Waals surface area contributed by atoms with Gasteiger partial charge < -0.3 is 15.2 Å². The summed E-state index contributed by atoms with van der Waals surface area (Å²) in [5.74, 6) is 0.821. The van der Waals surface area contributed by atoms with Crippen molar-refractivity contribution in [2.75, 3.05) is 19.8 Å². The number of hydrogen-bond donors (Lipinski definition) is 2. The Hall–Kier alpha value is -1.55. The summed E-state index contributed by atoms with van der Waals surface area (Å²) in [5.41, 5.74) is 2.42. The number of carbonyl (C=O) groups is 1. The van der Waals surface area contributed by atoms with Crippen LogP contribution in [0.15, 0.2) is 18.2 Å². The number of aliphatic hydroxyl groups excluding tert-OH is 1. The van der Waals surface area contributed by atoms with Gasteiger partial charge in [-0.3, -0.25) is 4.79 Å². The Morgan fingerprint density at radius 2 is 2.00 bits per heavy atom. The van der Waals surface area contributed by atoms with Crippen LogP contribution in [-0.2, 0) is 4.79 Å². The number of ether oxygens (including phenoxy) is 1. The summed E-state index contributed by atoms with van der Waals surface area (Å²) >= 11 is 0. The second-order valence-corrected chi connectivity index (χ2v) is 4.98. The largest absolute Gasteiger partial charge is 0.493 e. The molecule has 0 radical (unpaired) electrons. The van der Waals surface area contributed by atoms with Crippen LogP contribution in [0, 0.1) is 13.8 Å². The minimum absolute atomic E-state index is 0.0119. The van der Waals surface area contributed by atoms with E-state index in [0.717, 1.165) is 25.0 Å². The van der Waals surface area contributed by atoms with E-state index >= 15 is 0 Å². The molecule has 0 aromatic heterocycles. The van der Waals surface area contributed by atoms with Crippen LogP contribution in [0.2, 0.25) is 0 Å². The first-order chi connectivity index (χ1) is 9.63. The lowest BCUT2D eigenvalue weighted by Gasteiger charge is -2.09. The van der Waals surface area contributed by atoms with Gasteiger partial charge in [-0.1, -0.05) is 6.07 Å². The minimum Gasteiger partial charge on any atom is -0.493 e. The zero-order chi connectivity index (χ0) is 14.8. The molecule has 0 aliphatic heterocycles. The third-order valence-electron chi connectivity index (χ3n) is 3.23. The van der Waals surface area contributed by atoms with Gasteiger partial charge in [0.2, 0.25) is 5.91 Å². The maximum Gasteiger partial charge on any atom is 0.223 e. The topological polar surface area (TPSA) is 58.6 Å². The normalized spacial score (nSPS) is 10.3. The summed E-state index contributed by atoms with van der Waals surface area (Å²) in [6.45, 7) is 5.38. The molecule has 0 atom stereocenters. The van der Waals surface area contributed by atoms with Crippen molar-refractivity contribution in [3.05, 3.63) is 29.3 Å². The van der Waals surface area contributed by atoms with Gasteiger partial charge in [-0.25, -0.2) is 0 Å². The summed E-state index contributed by atoms with van der Waals surface area (Å²) in [7, 11) is 0. The van der Waals surface area contributed by atoms with Crippen LogP contribution >= 0.6 is 0 Å². The Kier molecular flexibility index (Phi) is 7.73. The van der Waals surface area contributed by atoms with Crippen molar-refractivity contribution in [2.45, 2.75) is 39.5 Å². The van der Waals surface area contributed by atoms with Crippen molar-refractivity contribution in [3.63, 3.8) is 0 Å². The highest BCUT2D eigenvalue weighted by atomic mass is 16.5. The van der Waals surface area contributed by atoms with Crippen LogP contribution in [-0.4, -0.2) is 30.8 Å². The monoisotopic (exact) mass is 279 g/mol. The molecule has 4 heteroatoms. The van der Waals surface area contributed by atoms with E-state index in [9.17, 15) is 4.79 Å². The van der Waals surface area contributed by atoms with Crippen molar-refractivity contribution >= 4 is 5.91 Å². The third kappa shape index (κ3) is 6.57. The Labute approximate surface area is 121 Å². The van der Waals surface area contributed by atoms with Gasteiger partial charge in [-0.2, -0.15) is 0 Å². The van der Waals surface area contributed by atoms with E-state index in [1.165, 1.54) is 11.1 Å². The highest BCUT2D eigenvalue weighted by Crippen LogP contribution is 2.16. The maximum absolute atomic E-state index is 11.5. The molecule has 0 heterocycles. The highest BCUT2D eigenvalue weighted by Gasteiger charge is 2.02. The number of aliphatic hydroxyl groups is 1. The zero-order valence-electron chi connectivity index (χ0n) is 12.4. The van der Waals surface area contributed by atoms with E-state index in [1.54, 1.807) is 0 Å². The molecule has 20 heavy (non-hydrogen) atoms. The van der Waals surface area contributed by atoms with E-state index in [0.29, 0.717) is 19.6 Å². The molecule has 112 valence electrons. The molecule has 0 aliphatic rings. The minimum atomic E-state index is 0.0119. The summed E-state index contributed by atoms with van der Waals surface area (Å²) in [5, 5.41) is 11.5. The number of unbranched alkanes of at least 4 members (excludes halogenated alkanes) is 2. The fraction of sp³-hybridized carbons (Fsp3) is 0.562. The summed E-state index contributed by atoms with van der Waals surface area (Å²) in [6, 6.07) is 5.93. The van der Waals surface area contributed by atoms with E-state index in [1.807, 2.05) is 25.1 Å². The average molecular weight is 279 g/mol. The molecule has 1 aromatic carbocycles. The highest BCUT2D eigenvalue weighted by molar-refractivity contribution is 5.75. The van der Waals surface area contributed by atoms with Gasteiger partial charge in [0.25, 0.3) is 0 Å². The molecule has 1 rings (SSSR count). The fourth-order valence-corrected chi connectivity index (χ4v) is 1.80. The molecule has 2 N–H and O–H groups in total. The molecule has 4 nitrogen and oxygen atoms in total. The van der Waals surface area contributed by atoms with Crippen LogP contribution in [0.5, 0.6) is 5.75 Å². The van der Waals surface area contributed by atoms with E-state index in [4.69, 9.17) is 9.84 Å². The molecule has 1 aromatic rings. The molecule has 0 unspecified atom stereocenters. The predicted octanol–water partition coefficient (Wildman–Crippen LogP) is 2.35. The zero-order valence-corrected chi connectivity index (χ0v) is 12.4. The number of aryl methyl sites for hydroxylation is 2. The first-order valence-electron chi connectivity index (χ1n) is 7.21. The summed E-state index contributed by atoms with van der Waals surface area (Å²) < 4.78 is 5.56. The Morgan fingerprint density at radius 3 is 2.70 bits per heavy atom.